The van der Waals surface area contributed by atoms with Crippen LogP contribution in [0.3, 0.4) is 0 Å². The highest BCUT2D eigenvalue weighted by Gasteiger charge is 2.10. The Morgan fingerprint density at radius 3 is 2.39 bits per heavy atom. The number of hydrogen-bond donors (Lipinski definition) is 1. The first-order valence-electron chi connectivity index (χ1n) is 7.68. The largest absolute Gasteiger partial charge is 0.483 e. The highest BCUT2D eigenvalue weighted by atomic mass is 16.5. The maximum Gasteiger partial charge on any atom is 0.277 e. The van der Waals surface area contributed by atoms with Crippen LogP contribution in [0.5, 0.6) is 5.75 Å². The molecule has 0 saturated heterocycles. The summed E-state index contributed by atoms with van der Waals surface area (Å²) in [5, 5.41) is 4.27. The second-order valence-corrected chi connectivity index (χ2v) is 5.61. The lowest BCUT2D eigenvalue weighted by Gasteiger charge is -2.11. The molecule has 0 saturated carbocycles. The average molecular weight is 310 g/mol. The van der Waals surface area contributed by atoms with E-state index in [0.717, 1.165) is 16.8 Å². The zero-order chi connectivity index (χ0) is 16.7. The van der Waals surface area contributed by atoms with Gasteiger partial charge >= 0.3 is 0 Å². The summed E-state index contributed by atoms with van der Waals surface area (Å²) in [5.41, 5.74) is 5.42. The topological polar surface area (TPSA) is 50.7 Å². The molecule has 0 atom stereocenters. The fraction of sp³-hybridized carbons (Fsp3) is 0.263. The standard InChI is InChI=1S/C19H22N2O2/c1-14(2)19(16-10-5-4-6-11-16)21-20-18(22)13-23-17-12-8-7-9-15(17)3/h4-12,14H,13H2,1-3H3,(H,20,22)/b21-19+. The van der Waals surface area contributed by atoms with Gasteiger partial charge in [-0.1, -0.05) is 62.4 Å². The van der Waals surface area contributed by atoms with Gasteiger partial charge in [0.25, 0.3) is 5.91 Å². The molecule has 0 aromatic heterocycles. The predicted molar refractivity (Wildman–Crippen MR) is 92.6 cm³/mol. The molecule has 1 N–H and O–H groups in total. The van der Waals surface area contributed by atoms with Gasteiger partial charge in [0.15, 0.2) is 6.61 Å². The van der Waals surface area contributed by atoms with Crippen molar-refractivity contribution in [3.8, 4) is 5.75 Å². The molecule has 0 unspecified atom stereocenters. The Kier molecular flexibility index (Phi) is 5.92. The van der Waals surface area contributed by atoms with E-state index in [1.165, 1.54) is 0 Å². The van der Waals surface area contributed by atoms with Gasteiger partial charge in [-0.3, -0.25) is 4.79 Å². The molecular formula is C19H22N2O2. The first-order valence-corrected chi connectivity index (χ1v) is 7.68. The number of carbonyl (C=O) groups excluding carboxylic acids is 1. The summed E-state index contributed by atoms with van der Waals surface area (Å²) in [6.07, 6.45) is 0. The molecule has 4 nitrogen and oxygen atoms in total. The van der Waals surface area contributed by atoms with E-state index in [0.29, 0.717) is 5.75 Å². The van der Waals surface area contributed by atoms with Gasteiger partial charge in [0.1, 0.15) is 5.75 Å². The van der Waals surface area contributed by atoms with E-state index in [1.807, 2.05) is 75.4 Å². The number of rotatable bonds is 6. The molecule has 0 heterocycles. The van der Waals surface area contributed by atoms with Gasteiger partial charge in [0, 0.05) is 0 Å². The molecule has 0 fully saturated rings. The summed E-state index contributed by atoms with van der Waals surface area (Å²) in [7, 11) is 0. The van der Waals surface area contributed by atoms with E-state index in [-0.39, 0.29) is 18.4 Å². The van der Waals surface area contributed by atoms with E-state index >= 15 is 0 Å². The highest BCUT2D eigenvalue weighted by molar-refractivity contribution is 6.02. The molecule has 2 rings (SSSR count). The molecule has 0 aliphatic carbocycles. The lowest BCUT2D eigenvalue weighted by atomic mass is 10.0. The summed E-state index contributed by atoms with van der Waals surface area (Å²) in [5.74, 6) is 0.635. The molecule has 0 aliphatic rings. The van der Waals surface area contributed by atoms with Crippen molar-refractivity contribution in [2.75, 3.05) is 6.61 Å². The van der Waals surface area contributed by atoms with Crippen LogP contribution in [0, 0.1) is 12.8 Å². The Morgan fingerprint density at radius 1 is 1.09 bits per heavy atom. The third-order valence-electron chi connectivity index (χ3n) is 3.37. The summed E-state index contributed by atoms with van der Waals surface area (Å²) in [6, 6.07) is 17.4. The van der Waals surface area contributed by atoms with Crippen molar-refractivity contribution in [3.05, 3.63) is 65.7 Å². The molecule has 120 valence electrons. The van der Waals surface area contributed by atoms with Crippen molar-refractivity contribution in [1.82, 2.24) is 5.43 Å². The van der Waals surface area contributed by atoms with Crippen LogP contribution in [0.15, 0.2) is 59.7 Å². The summed E-state index contributed by atoms with van der Waals surface area (Å²) >= 11 is 0. The van der Waals surface area contributed by atoms with E-state index in [2.05, 4.69) is 10.5 Å². The van der Waals surface area contributed by atoms with Gasteiger partial charge in [-0.05, 0) is 30.0 Å². The molecule has 23 heavy (non-hydrogen) atoms. The van der Waals surface area contributed by atoms with Gasteiger partial charge in [0.05, 0.1) is 5.71 Å². The van der Waals surface area contributed by atoms with Crippen LogP contribution >= 0.6 is 0 Å². The molecular weight excluding hydrogens is 288 g/mol. The number of nitrogens with one attached hydrogen (secondary N) is 1. The third kappa shape index (κ3) is 4.95. The minimum Gasteiger partial charge on any atom is -0.483 e. The van der Waals surface area contributed by atoms with Crippen LogP contribution in [0.2, 0.25) is 0 Å². The zero-order valence-corrected chi connectivity index (χ0v) is 13.7. The van der Waals surface area contributed by atoms with Crippen molar-refractivity contribution in [2.24, 2.45) is 11.0 Å². The SMILES string of the molecule is Cc1ccccc1OCC(=O)N/N=C(/c1ccccc1)C(C)C. The number of hydrazone groups is 1. The minimum absolute atomic E-state index is 0.0610. The lowest BCUT2D eigenvalue weighted by molar-refractivity contribution is -0.123. The number of hydrogen-bond acceptors (Lipinski definition) is 3. The normalized spacial score (nSPS) is 11.4. The lowest BCUT2D eigenvalue weighted by Crippen LogP contribution is -2.27. The van der Waals surface area contributed by atoms with Crippen molar-refractivity contribution < 1.29 is 9.53 Å². The highest BCUT2D eigenvalue weighted by Crippen LogP contribution is 2.15. The second-order valence-electron chi connectivity index (χ2n) is 5.61. The maximum absolute atomic E-state index is 11.9. The number of carbonyl (C=O) groups is 1. The van der Waals surface area contributed by atoms with E-state index in [4.69, 9.17) is 4.74 Å². The Hall–Kier alpha value is -2.62. The Labute approximate surface area is 137 Å². The number of benzene rings is 2. The maximum atomic E-state index is 11.9. The predicted octanol–water partition coefficient (Wildman–Crippen LogP) is 3.55. The first kappa shape index (κ1) is 16.7. The summed E-state index contributed by atoms with van der Waals surface area (Å²) in [6.45, 7) is 5.97. The van der Waals surface area contributed by atoms with E-state index in [1.54, 1.807) is 0 Å². The van der Waals surface area contributed by atoms with E-state index in [9.17, 15) is 4.79 Å². The smallest absolute Gasteiger partial charge is 0.277 e. The van der Waals surface area contributed by atoms with Crippen LogP contribution in [0.4, 0.5) is 0 Å². The van der Waals surface area contributed by atoms with Gasteiger partial charge in [0.2, 0.25) is 0 Å². The number of amides is 1. The Morgan fingerprint density at radius 2 is 1.74 bits per heavy atom. The first-order chi connectivity index (χ1) is 11.1. The molecule has 0 aliphatic heterocycles. The number of para-hydroxylation sites is 1. The van der Waals surface area contributed by atoms with Crippen molar-refractivity contribution in [2.45, 2.75) is 20.8 Å². The van der Waals surface area contributed by atoms with Crippen LogP contribution < -0.4 is 10.2 Å². The molecule has 0 bridgehead atoms. The van der Waals surface area contributed by atoms with Crippen LogP contribution in [-0.2, 0) is 4.79 Å². The molecule has 2 aromatic carbocycles. The van der Waals surface area contributed by atoms with Crippen molar-refractivity contribution in [3.63, 3.8) is 0 Å². The fourth-order valence-electron chi connectivity index (χ4n) is 2.15. The Balaban J connectivity index is 1.97. The summed E-state index contributed by atoms with van der Waals surface area (Å²) < 4.78 is 5.52. The summed E-state index contributed by atoms with van der Waals surface area (Å²) in [4.78, 5) is 11.9. The Bertz CT molecular complexity index is 679. The van der Waals surface area contributed by atoms with Crippen LogP contribution in [-0.4, -0.2) is 18.2 Å². The van der Waals surface area contributed by atoms with Gasteiger partial charge in [-0.25, -0.2) is 5.43 Å². The van der Waals surface area contributed by atoms with Crippen LogP contribution in [0.1, 0.15) is 25.0 Å². The minimum atomic E-state index is -0.276. The van der Waals surface area contributed by atoms with Gasteiger partial charge in [-0.15, -0.1) is 0 Å². The second kappa shape index (κ2) is 8.13. The van der Waals surface area contributed by atoms with Crippen molar-refractivity contribution >= 4 is 11.6 Å². The molecule has 0 radical (unpaired) electrons. The van der Waals surface area contributed by atoms with Crippen LogP contribution in [0.25, 0.3) is 0 Å². The van der Waals surface area contributed by atoms with E-state index < -0.39 is 0 Å². The molecule has 2 aromatic rings. The molecule has 4 heteroatoms. The average Bonchev–Trinajstić information content (AvgIpc) is 2.55. The number of aryl methyl sites for hydroxylation is 1. The van der Waals surface area contributed by atoms with Gasteiger partial charge in [-0.2, -0.15) is 5.10 Å². The zero-order valence-electron chi connectivity index (χ0n) is 13.7. The third-order valence-corrected chi connectivity index (χ3v) is 3.37. The quantitative estimate of drug-likeness (QED) is 0.655. The molecule has 1 amide bonds. The molecule has 0 spiro atoms. The number of ether oxygens (including phenoxy) is 1. The van der Waals surface area contributed by atoms with Crippen molar-refractivity contribution in [1.29, 1.82) is 0 Å². The fourth-order valence-corrected chi connectivity index (χ4v) is 2.15. The van der Waals surface area contributed by atoms with Gasteiger partial charge < -0.3 is 4.74 Å². The number of nitrogens with zero attached hydrogens (tertiary/aromatic N) is 1. The monoisotopic (exact) mass is 310 g/mol.